The molecule has 0 rings (SSSR count). The highest BCUT2D eigenvalue weighted by Crippen LogP contribution is 2.14. The van der Waals surface area contributed by atoms with Crippen LogP contribution in [0.2, 0.25) is 0 Å². The molecule has 2 atom stereocenters. The van der Waals surface area contributed by atoms with Gasteiger partial charge in [-0.1, -0.05) is 27.7 Å². The molecule has 7 nitrogen and oxygen atoms in total. The van der Waals surface area contributed by atoms with Crippen LogP contribution in [0, 0.1) is 17.8 Å². The van der Waals surface area contributed by atoms with E-state index < -0.39 is 24.3 Å². The van der Waals surface area contributed by atoms with Gasteiger partial charge < -0.3 is 19.9 Å². The molecule has 0 aromatic carbocycles. The Bertz CT molecular complexity index is 380. The van der Waals surface area contributed by atoms with Gasteiger partial charge in [0.25, 0.3) is 0 Å². The number of carboxylic acid groups (broad SMARTS) is 1. The summed E-state index contributed by atoms with van der Waals surface area (Å²) < 4.78 is 9.79. The number of nitrogens with one attached hydrogen (secondary N) is 1. The van der Waals surface area contributed by atoms with Crippen LogP contribution in [0.1, 0.15) is 47.5 Å². The van der Waals surface area contributed by atoms with Crippen LogP contribution in [0.15, 0.2) is 0 Å². The number of hydrogen-bond donors (Lipinski definition) is 2. The summed E-state index contributed by atoms with van der Waals surface area (Å²) in [4.78, 5) is 33.8. The first-order chi connectivity index (χ1) is 10.1. The van der Waals surface area contributed by atoms with E-state index in [9.17, 15) is 14.4 Å². The van der Waals surface area contributed by atoms with Crippen molar-refractivity contribution in [2.45, 2.75) is 53.8 Å². The lowest BCUT2D eigenvalue weighted by Crippen LogP contribution is -2.34. The molecule has 22 heavy (non-hydrogen) atoms. The van der Waals surface area contributed by atoms with Crippen LogP contribution in [-0.4, -0.2) is 36.0 Å². The third kappa shape index (κ3) is 10.0. The molecule has 0 spiro atoms. The largest absolute Gasteiger partial charge is 0.481 e. The van der Waals surface area contributed by atoms with Crippen molar-refractivity contribution in [3.05, 3.63) is 0 Å². The van der Waals surface area contributed by atoms with Gasteiger partial charge in [0.1, 0.15) is 0 Å². The van der Waals surface area contributed by atoms with E-state index in [4.69, 9.17) is 14.6 Å². The average molecular weight is 317 g/mol. The monoisotopic (exact) mass is 317 g/mol. The molecule has 2 N–H and O–H groups in total. The van der Waals surface area contributed by atoms with Gasteiger partial charge in [-0.3, -0.25) is 9.59 Å². The Labute approximate surface area is 131 Å². The fourth-order valence-electron chi connectivity index (χ4n) is 1.90. The fourth-order valence-corrected chi connectivity index (χ4v) is 1.90. The van der Waals surface area contributed by atoms with Gasteiger partial charge in [-0.05, 0) is 18.3 Å². The van der Waals surface area contributed by atoms with Gasteiger partial charge >= 0.3 is 18.0 Å². The maximum atomic E-state index is 11.6. The molecule has 0 heterocycles. The molecule has 1 unspecified atom stereocenters. The van der Waals surface area contributed by atoms with Gasteiger partial charge in [-0.25, -0.2) is 4.79 Å². The quantitative estimate of drug-likeness (QED) is 0.500. The van der Waals surface area contributed by atoms with E-state index in [0.29, 0.717) is 12.3 Å². The predicted molar refractivity (Wildman–Crippen MR) is 80.1 cm³/mol. The summed E-state index contributed by atoms with van der Waals surface area (Å²) in [5.74, 6) is -1.50. The molecule has 0 aliphatic carbocycles. The second kappa shape index (κ2) is 10.0. The predicted octanol–water partition coefficient (Wildman–Crippen LogP) is 2.39. The summed E-state index contributed by atoms with van der Waals surface area (Å²) >= 11 is 0. The van der Waals surface area contributed by atoms with Crippen molar-refractivity contribution in [2.24, 2.45) is 17.8 Å². The third-order valence-corrected chi connectivity index (χ3v) is 2.83. The van der Waals surface area contributed by atoms with Gasteiger partial charge in [0.05, 0.1) is 5.92 Å². The van der Waals surface area contributed by atoms with Crippen LogP contribution in [0.4, 0.5) is 4.79 Å². The number of hydrogen-bond acceptors (Lipinski definition) is 5. The Kier molecular flexibility index (Phi) is 9.21. The Balaban J connectivity index is 4.22. The van der Waals surface area contributed by atoms with E-state index >= 15 is 0 Å². The van der Waals surface area contributed by atoms with Crippen LogP contribution < -0.4 is 5.32 Å². The van der Waals surface area contributed by atoms with Gasteiger partial charge in [0.15, 0.2) is 0 Å². The zero-order valence-corrected chi connectivity index (χ0v) is 13.9. The Morgan fingerprint density at radius 1 is 1.05 bits per heavy atom. The van der Waals surface area contributed by atoms with Gasteiger partial charge in [-0.15, -0.1) is 0 Å². The van der Waals surface area contributed by atoms with E-state index in [0.717, 1.165) is 0 Å². The van der Waals surface area contributed by atoms with Crippen molar-refractivity contribution in [1.29, 1.82) is 0 Å². The van der Waals surface area contributed by atoms with Crippen LogP contribution in [-0.2, 0) is 19.1 Å². The second-order valence-electron chi connectivity index (χ2n) is 6.04. The van der Waals surface area contributed by atoms with Crippen molar-refractivity contribution >= 4 is 18.0 Å². The summed E-state index contributed by atoms with van der Waals surface area (Å²) in [6.07, 6.45) is -1.05. The molecule has 0 saturated carbocycles. The van der Waals surface area contributed by atoms with Crippen molar-refractivity contribution in [1.82, 2.24) is 5.32 Å². The summed E-state index contributed by atoms with van der Waals surface area (Å²) in [5.41, 5.74) is 0. The number of carbonyl (C=O) groups excluding carboxylic acids is 2. The van der Waals surface area contributed by atoms with Crippen LogP contribution in [0.25, 0.3) is 0 Å². The Morgan fingerprint density at radius 3 is 2.09 bits per heavy atom. The highest BCUT2D eigenvalue weighted by molar-refractivity contribution is 5.72. The number of ether oxygens (including phenoxy) is 2. The van der Waals surface area contributed by atoms with Gasteiger partial charge in [-0.2, -0.15) is 0 Å². The molecule has 7 heteroatoms. The lowest BCUT2D eigenvalue weighted by atomic mass is 9.94. The van der Waals surface area contributed by atoms with Crippen LogP contribution in [0.5, 0.6) is 0 Å². The highest BCUT2D eigenvalue weighted by atomic mass is 16.7. The lowest BCUT2D eigenvalue weighted by molar-refractivity contribution is -0.168. The molecule has 0 aromatic heterocycles. The molecule has 0 aliphatic heterocycles. The van der Waals surface area contributed by atoms with Crippen molar-refractivity contribution < 1.29 is 29.0 Å². The van der Waals surface area contributed by atoms with E-state index in [1.165, 1.54) is 6.92 Å². The number of carbonyl (C=O) groups is 3. The van der Waals surface area contributed by atoms with E-state index in [1.54, 1.807) is 13.8 Å². The van der Waals surface area contributed by atoms with Crippen molar-refractivity contribution in [3.63, 3.8) is 0 Å². The number of amides is 1. The smallest absolute Gasteiger partial charge is 0.410 e. The first-order valence-corrected chi connectivity index (χ1v) is 7.48. The van der Waals surface area contributed by atoms with E-state index in [-0.39, 0.29) is 24.8 Å². The molecular formula is C15H27NO6. The molecule has 0 radical (unpaired) electrons. The van der Waals surface area contributed by atoms with Crippen molar-refractivity contribution in [3.8, 4) is 0 Å². The standard InChI is InChI=1S/C15H27NO6/c1-9(2)6-12(7-13(17)18)8-16-15(20)22-11(5)21-14(19)10(3)4/h9-12H,6-8H2,1-5H3,(H,16,20)(H,17,18)/t11?,12-/m1/s1. The fraction of sp³-hybridized carbons (Fsp3) is 0.800. The average Bonchev–Trinajstić information content (AvgIpc) is 2.34. The molecule has 0 bridgehead atoms. The van der Waals surface area contributed by atoms with E-state index in [1.807, 2.05) is 13.8 Å². The van der Waals surface area contributed by atoms with Gasteiger partial charge in [0, 0.05) is 19.9 Å². The maximum absolute atomic E-state index is 11.6. The van der Waals surface area contributed by atoms with Crippen molar-refractivity contribution in [2.75, 3.05) is 6.54 Å². The Morgan fingerprint density at radius 2 is 1.64 bits per heavy atom. The molecule has 128 valence electrons. The normalized spacial score (nSPS) is 13.6. The lowest BCUT2D eigenvalue weighted by Gasteiger charge is -2.19. The van der Waals surface area contributed by atoms with E-state index in [2.05, 4.69) is 5.32 Å². The molecule has 0 aromatic rings. The topological polar surface area (TPSA) is 102 Å². The molecule has 1 amide bonds. The zero-order valence-electron chi connectivity index (χ0n) is 13.9. The highest BCUT2D eigenvalue weighted by Gasteiger charge is 2.19. The SMILES string of the molecule is CC(C)C[C@@H](CNC(=O)OC(C)OC(=O)C(C)C)CC(=O)O. The minimum atomic E-state index is -0.988. The summed E-state index contributed by atoms with van der Waals surface area (Å²) in [6.45, 7) is 8.98. The number of alkyl carbamates (subject to hydrolysis) is 1. The molecule has 0 saturated heterocycles. The second-order valence-corrected chi connectivity index (χ2v) is 6.04. The number of esters is 1. The Hall–Kier alpha value is -1.79. The summed E-state index contributed by atoms with van der Waals surface area (Å²) in [6, 6.07) is 0. The number of rotatable bonds is 9. The molecule has 0 fully saturated rings. The molecule has 0 aliphatic rings. The minimum Gasteiger partial charge on any atom is -0.481 e. The molecular weight excluding hydrogens is 290 g/mol. The number of aliphatic carboxylic acids is 1. The first-order valence-electron chi connectivity index (χ1n) is 7.48. The van der Waals surface area contributed by atoms with Gasteiger partial charge in [0.2, 0.25) is 6.29 Å². The maximum Gasteiger partial charge on any atom is 0.410 e. The minimum absolute atomic E-state index is 0.0175. The number of carboxylic acids is 1. The van der Waals surface area contributed by atoms with Crippen LogP contribution >= 0.6 is 0 Å². The summed E-state index contributed by atoms with van der Waals surface area (Å²) in [5, 5.41) is 11.4. The summed E-state index contributed by atoms with van der Waals surface area (Å²) in [7, 11) is 0. The zero-order chi connectivity index (χ0) is 17.3. The first kappa shape index (κ1) is 20.2. The third-order valence-electron chi connectivity index (χ3n) is 2.83. The van der Waals surface area contributed by atoms with Crippen LogP contribution in [0.3, 0.4) is 0 Å².